The summed E-state index contributed by atoms with van der Waals surface area (Å²) in [4.78, 5) is 22.0. The van der Waals surface area contributed by atoms with E-state index in [0.717, 1.165) is 17.0 Å². The van der Waals surface area contributed by atoms with Crippen LogP contribution in [0.5, 0.6) is 0 Å². The highest BCUT2D eigenvalue weighted by atomic mass is 16.4. The van der Waals surface area contributed by atoms with Crippen LogP contribution in [-0.4, -0.2) is 27.2 Å². The third-order valence-electron chi connectivity index (χ3n) is 2.79. The van der Waals surface area contributed by atoms with E-state index in [1.807, 2.05) is 20.8 Å². The summed E-state index contributed by atoms with van der Waals surface area (Å²) in [6.07, 6.45) is 0.607. The zero-order valence-corrected chi connectivity index (χ0v) is 10.9. The number of aryl methyl sites for hydroxylation is 2. The van der Waals surface area contributed by atoms with Crippen LogP contribution in [0.2, 0.25) is 0 Å². The summed E-state index contributed by atoms with van der Waals surface area (Å²) in [7, 11) is 0. The van der Waals surface area contributed by atoms with Crippen LogP contribution in [0.1, 0.15) is 49.2 Å². The Labute approximate surface area is 106 Å². The maximum atomic E-state index is 11.6. The Morgan fingerprint density at radius 1 is 1.39 bits per heavy atom. The molecule has 1 heterocycles. The Bertz CT molecular complexity index is 420. The third-order valence-corrected chi connectivity index (χ3v) is 2.79. The minimum atomic E-state index is -0.877. The Morgan fingerprint density at radius 3 is 2.56 bits per heavy atom. The fourth-order valence-corrected chi connectivity index (χ4v) is 1.98. The monoisotopic (exact) mass is 253 g/mol. The lowest BCUT2D eigenvalue weighted by molar-refractivity contribution is -0.137. The van der Waals surface area contributed by atoms with Gasteiger partial charge in [-0.05, 0) is 27.2 Å². The maximum absolute atomic E-state index is 11.6. The summed E-state index contributed by atoms with van der Waals surface area (Å²) in [5.74, 6) is -1.01. The van der Waals surface area contributed by atoms with Crippen LogP contribution < -0.4 is 5.32 Å². The lowest BCUT2D eigenvalue weighted by atomic mass is 10.1. The van der Waals surface area contributed by atoms with Gasteiger partial charge in [0, 0.05) is 24.1 Å². The first-order chi connectivity index (χ1) is 8.41. The molecular formula is C12H19N3O3. The van der Waals surface area contributed by atoms with Crippen LogP contribution in [0.4, 0.5) is 0 Å². The first kappa shape index (κ1) is 14.2. The van der Waals surface area contributed by atoms with Crippen LogP contribution in [0.25, 0.3) is 0 Å². The number of aromatic amines is 1. The molecule has 1 rings (SSSR count). The molecule has 3 N–H and O–H groups in total. The van der Waals surface area contributed by atoms with Crippen molar-refractivity contribution in [2.75, 3.05) is 0 Å². The van der Waals surface area contributed by atoms with Gasteiger partial charge in [0.2, 0.25) is 5.91 Å². The molecule has 0 bridgehead atoms. The van der Waals surface area contributed by atoms with Gasteiger partial charge in [-0.2, -0.15) is 5.10 Å². The third kappa shape index (κ3) is 3.87. The van der Waals surface area contributed by atoms with E-state index in [2.05, 4.69) is 15.5 Å². The Hall–Kier alpha value is -1.85. The second kappa shape index (κ2) is 6.18. The highest BCUT2D eigenvalue weighted by Gasteiger charge is 2.16. The zero-order valence-electron chi connectivity index (χ0n) is 10.9. The van der Waals surface area contributed by atoms with Gasteiger partial charge in [0.25, 0.3) is 0 Å². The van der Waals surface area contributed by atoms with E-state index >= 15 is 0 Å². The molecule has 1 amide bonds. The fourth-order valence-electron chi connectivity index (χ4n) is 1.98. The molecule has 0 saturated heterocycles. The minimum absolute atomic E-state index is 0.0194. The number of aromatic nitrogens is 2. The molecule has 0 aliphatic heterocycles. The van der Waals surface area contributed by atoms with Crippen LogP contribution in [0, 0.1) is 13.8 Å². The molecule has 0 unspecified atom stereocenters. The van der Waals surface area contributed by atoms with Gasteiger partial charge in [-0.3, -0.25) is 14.7 Å². The molecule has 6 nitrogen and oxygen atoms in total. The van der Waals surface area contributed by atoms with Gasteiger partial charge in [-0.25, -0.2) is 0 Å². The molecule has 0 radical (unpaired) electrons. The molecule has 1 atom stereocenters. The van der Waals surface area contributed by atoms with Gasteiger partial charge in [-0.1, -0.05) is 0 Å². The summed E-state index contributed by atoms with van der Waals surface area (Å²) >= 11 is 0. The van der Waals surface area contributed by atoms with Gasteiger partial charge < -0.3 is 10.4 Å². The van der Waals surface area contributed by atoms with Crippen molar-refractivity contribution in [3.05, 3.63) is 17.0 Å². The minimum Gasteiger partial charge on any atom is -0.481 e. The van der Waals surface area contributed by atoms with Gasteiger partial charge in [0.15, 0.2) is 0 Å². The van der Waals surface area contributed by atoms with Crippen LogP contribution in [0.3, 0.4) is 0 Å². The van der Waals surface area contributed by atoms with E-state index in [4.69, 9.17) is 5.11 Å². The van der Waals surface area contributed by atoms with E-state index in [1.54, 1.807) is 0 Å². The number of nitrogens with zero attached hydrogens (tertiary/aromatic N) is 1. The summed E-state index contributed by atoms with van der Waals surface area (Å²) in [6, 6.07) is -0.124. The van der Waals surface area contributed by atoms with Gasteiger partial charge >= 0.3 is 5.97 Å². The number of nitrogens with one attached hydrogen (secondary N) is 2. The first-order valence-electron chi connectivity index (χ1n) is 5.94. The van der Waals surface area contributed by atoms with Crippen molar-refractivity contribution in [1.82, 2.24) is 15.5 Å². The number of H-pyrrole nitrogens is 1. The highest BCUT2D eigenvalue weighted by Crippen LogP contribution is 2.18. The smallest absolute Gasteiger partial charge is 0.303 e. The van der Waals surface area contributed by atoms with E-state index in [9.17, 15) is 9.59 Å². The molecule has 0 spiro atoms. The lowest BCUT2D eigenvalue weighted by Crippen LogP contribution is -2.27. The molecule has 1 aromatic rings. The average Bonchev–Trinajstić information content (AvgIpc) is 2.57. The second-order valence-electron chi connectivity index (χ2n) is 4.38. The predicted octanol–water partition coefficient (Wildman–Crippen LogP) is 1.46. The summed E-state index contributed by atoms with van der Waals surface area (Å²) in [5, 5.41) is 18.3. The maximum Gasteiger partial charge on any atom is 0.303 e. The van der Waals surface area contributed by atoms with Crippen molar-refractivity contribution in [3.63, 3.8) is 0 Å². The molecular weight excluding hydrogens is 234 g/mol. The van der Waals surface area contributed by atoms with Gasteiger partial charge in [0.1, 0.15) is 0 Å². The number of carboxylic acid groups (broad SMARTS) is 1. The Kier molecular flexibility index (Phi) is 4.88. The number of carboxylic acids is 1. The van der Waals surface area contributed by atoms with Crippen molar-refractivity contribution in [2.24, 2.45) is 0 Å². The quantitative estimate of drug-likeness (QED) is 0.715. The first-order valence-corrected chi connectivity index (χ1v) is 5.94. The number of carbonyl (C=O) groups is 2. The van der Waals surface area contributed by atoms with Gasteiger partial charge in [0.05, 0.1) is 11.7 Å². The van der Waals surface area contributed by atoms with Crippen molar-refractivity contribution >= 4 is 11.9 Å². The van der Waals surface area contributed by atoms with Crippen molar-refractivity contribution in [1.29, 1.82) is 0 Å². The molecule has 0 aliphatic carbocycles. The van der Waals surface area contributed by atoms with Crippen LogP contribution in [-0.2, 0) is 9.59 Å². The normalized spacial score (nSPS) is 12.2. The second-order valence-corrected chi connectivity index (χ2v) is 4.38. The number of amides is 1. The fraction of sp³-hybridized carbons (Fsp3) is 0.583. The Morgan fingerprint density at radius 2 is 2.06 bits per heavy atom. The number of aliphatic carboxylic acids is 1. The Balaban J connectivity index is 2.47. The van der Waals surface area contributed by atoms with Crippen molar-refractivity contribution in [3.8, 4) is 0 Å². The molecule has 18 heavy (non-hydrogen) atoms. The number of carbonyl (C=O) groups excluding carboxylic acids is 1. The molecule has 0 saturated carbocycles. The summed E-state index contributed by atoms with van der Waals surface area (Å²) < 4.78 is 0. The van der Waals surface area contributed by atoms with Crippen LogP contribution in [0.15, 0.2) is 0 Å². The summed E-state index contributed by atoms with van der Waals surface area (Å²) in [6.45, 7) is 5.67. The average molecular weight is 253 g/mol. The lowest BCUT2D eigenvalue weighted by Gasteiger charge is -2.14. The zero-order chi connectivity index (χ0) is 13.7. The van der Waals surface area contributed by atoms with Crippen LogP contribution >= 0.6 is 0 Å². The summed E-state index contributed by atoms with van der Waals surface area (Å²) in [5.41, 5.74) is 2.79. The predicted molar refractivity (Wildman–Crippen MR) is 66.1 cm³/mol. The standard InChI is InChI=1S/C12H19N3O3/c1-7(12-8(2)14-15-9(12)3)13-10(16)5-4-6-11(17)18/h7H,4-6H2,1-3H3,(H,13,16)(H,14,15)(H,17,18)/t7-/m1/s1. The van der Waals surface area contributed by atoms with E-state index in [0.29, 0.717) is 6.42 Å². The topological polar surface area (TPSA) is 95.1 Å². The molecule has 100 valence electrons. The highest BCUT2D eigenvalue weighted by molar-refractivity contribution is 5.77. The van der Waals surface area contributed by atoms with Gasteiger partial charge in [-0.15, -0.1) is 0 Å². The molecule has 1 aromatic heterocycles. The largest absolute Gasteiger partial charge is 0.481 e. The number of hydrogen-bond donors (Lipinski definition) is 3. The van der Waals surface area contributed by atoms with E-state index < -0.39 is 5.97 Å². The molecule has 0 aromatic carbocycles. The molecule has 0 fully saturated rings. The SMILES string of the molecule is Cc1n[nH]c(C)c1[C@@H](C)NC(=O)CCCC(=O)O. The molecule has 6 heteroatoms. The number of rotatable bonds is 6. The number of hydrogen-bond acceptors (Lipinski definition) is 3. The molecule has 0 aliphatic rings. The van der Waals surface area contributed by atoms with E-state index in [1.165, 1.54) is 0 Å². The van der Waals surface area contributed by atoms with E-state index in [-0.39, 0.29) is 24.8 Å². The van der Waals surface area contributed by atoms with Crippen molar-refractivity contribution in [2.45, 2.75) is 46.1 Å². The van der Waals surface area contributed by atoms with Crippen molar-refractivity contribution < 1.29 is 14.7 Å².